The number of nitriles is 1. The molecule has 12 nitrogen and oxygen atoms in total. The van der Waals surface area contributed by atoms with E-state index in [1.807, 2.05) is 61.2 Å². The van der Waals surface area contributed by atoms with Gasteiger partial charge in [0.2, 0.25) is 11.8 Å². The number of aliphatic hydroxyl groups is 1. The van der Waals surface area contributed by atoms with Crippen molar-refractivity contribution in [1.82, 2.24) is 25.0 Å². The highest BCUT2D eigenvalue weighted by atomic mass is 35.5. The van der Waals surface area contributed by atoms with Crippen LogP contribution in [0, 0.1) is 52.3 Å². The quantitative estimate of drug-likeness (QED) is 0.111. The largest absolute Gasteiger partial charge is 0.489 e. The fourth-order valence-electron chi connectivity index (χ4n) is 11.9. The molecule has 4 aromatic rings. The average Bonchev–Trinajstić information content (AvgIpc) is 4.01. The van der Waals surface area contributed by atoms with E-state index in [4.69, 9.17) is 16.3 Å². The monoisotopic (exact) mass is 998 g/mol. The Kier molecular flexibility index (Phi) is 15.0. The van der Waals surface area contributed by atoms with Crippen molar-refractivity contribution in [2.24, 2.45) is 22.2 Å². The molecule has 2 saturated heterocycles. The Balaban J connectivity index is 0.790. The minimum absolute atomic E-state index is 0.00441. The van der Waals surface area contributed by atoms with Gasteiger partial charge < -0.3 is 25.0 Å². The number of amides is 3. The Bertz CT molecular complexity index is 2780. The van der Waals surface area contributed by atoms with E-state index in [1.54, 1.807) is 29.5 Å². The van der Waals surface area contributed by atoms with Gasteiger partial charge in [0.05, 0.1) is 45.4 Å². The number of likely N-dealkylation sites (tertiary alicyclic amines) is 2. The summed E-state index contributed by atoms with van der Waals surface area (Å²) in [5, 5.41) is 23.3. The molecule has 4 heterocycles. The second-order valence-corrected chi connectivity index (χ2v) is 23.8. The van der Waals surface area contributed by atoms with E-state index in [9.17, 15) is 29.5 Å². The maximum absolute atomic E-state index is 14.2. The number of aromatic nitrogens is 1. The number of β-amino-alcohol motifs (C(OH)–C–C–N with tert-alkyl or cyclic N) is 1. The molecule has 1 aliphatic carbocycles. The smallest absolute Gasteiger partial charge is 0.254 e. The van der Waals surface area contributed by atoms with Gasteiger partial charge in [-0.3, -0.25) is 24.1 Å². The van der Waals surface area contributed by atoms with Gasteiger partial charge in [-0.15, -0.1) is 11.3 Å². The summed E-state index contributed by atoms with van der Waals surface area (Å²) in [5.41, 5.74) is 6.75. The van der Waals surface area contributed by atoms with Crippen LogP contribution in [0.4, 0.5) is 0 Å². The number of Topliss-reactive ketones (excluding diaryl/α,β-unsaturated/α-hetero) is 1. The Morgan fingerprint density at radius 2 is 1.75 bits per heavy atom. The number of fused-ring (bicyclic) bond motifs is 1. The van der Waals surface area contributed by atoms with E-state index in [2.05, 4.69) is 87.1 Å². The van der Waals surface area contributed by atoms with Crippen molar-refractivity contribution >= 4 is 46.4 Å². The molecule has 3 fully saturated rings. The van der Waals surface area contributed by atoms with E-state index in [1.165, 1.54) is 15.3 Å². The number of nitrogens with one attached hydrogen (secondary N) is 1. The van der Waals surface area contributed by atoms with Crippen molar-refractivity contribution in [3.05, 3.63) is 105 Å². The molecule has 3 aliphatic heterocycles. The van der Waals surface area contributed by atoms with Gasteiger partial charge in [-0.25, -0.2) is 4.98 Å². The van der Waals surface area contributed by atoms with Gasteiger partial charge in [-0.2, -0.15) is 5.26 Å². The second kappa shape index (κ2) is 20.5. The maximum Gasteiger partial charge on any atom is 0.254 e. The van der Waals surface area contributed by atoms with Crippen molar-refractivity contribution < 1.29 is 29.0 Å². The Labute approximate surface area is 428 Å². The highest BCUT2D eigenvalue weighted by Crippen LogP contribution is 2.59. The third-order valence-corrected chi connectivity index (χ3v) is 16.5. The number of carbonyl (C=O) groups excluding carboxylic acids is 4. The van der Waals surface area contributed by atoms with Gasteiger partial charge in [0, 0.05) is 79.5 Å². The molecule has 0 unspecified atom stereocenters. The fourth-order valence-corrected chi connectivity index (χ4v) is 12.9. The molecule has 8 rings (SSSR count). The molecule has 4 atom stereocenters. The zero-order valence-corrected chi connectivity index (χ0v) is 44.0. The fraction of sp³-hybridized carbons (Fsp3) is 0.509. The molecule has 71 heavy (non-hydrogen) atoms. The van der Waals surface area contributed by atoms with Crippen molar-refractivity contribution in [2.75, 3.05) is 26.2 Å². The molecule has 4 aliphatic rings. The zero-order valence-electron chi connectivity index (χ0n) is 42.5. The lowest BCUT2D eigenvalue weighted by molar-refractivity contribution is -0.199. The maximum atomic E-state index is 14.2. The summed E-state index contributed by atoms with van der Waals surface area (Å²) < 4.78 is 6.48. The van der Waals surface area contributed by atoms with Crippen LogP contribution in [0.2, 0.25) is 5.02 Å². The van der Waals surface area contributed by atoms with Crippen LogP contribution in [0.5, 0.6) is 5.75 Å². The number of hydrogen-bond donors (Lipinski definition) is 2. The van der Waals surface area contributed by atoms with Crippen molar-refractivity contribution in [2.45, 2.75) is 137 Å². The number of carbonyl (C=O) groups is 4. The zero-order chi connectivity index (χ0) is 51.2. The first kappa shape index (κ1) is 51.8. The van der Waals surface area contributed by atoms with Gasteiger partial charge in [0.25, 0.3) is 5.91 Å². The van der Waals surface area contributed by atoms with Crippen LogP contribution in [0.1, 0.15) is 132 Å². The minimum Gasteiger partial charge on any atom is -0.489 e. The molecule has 3 aromatic carbocycles. The van der Waals surface area contributed by atoms with Crippen molar-refractivity contribution in [3.8, 4) is 34.1 Å². The predicted octanol–water partition coefficient (Wildman–Crippen LogP) is 9.19. The summed E-state index contributed by atoms with van der Waals surface area (Å²) in [7, 11) is 0. The topological polar surface area (TPSA) is 156 Å². The van der Waals surface area contributed by atoms with E-state index in [0.717, 1.165) is 28.8 Å². The standard InChI is InChI=1S/C57H67ClN6O6S/c1-34(38-17-19-39(20-18-38)49-35(2)60-33-71-49)12-10-15-47(66)46-25-42(65)31-63(46)52(69)50(55(3,4)5)61-48(67)32-62-28-37(29-62)14-11-13-36-16-23-44-41(24-36)30-64(51(44)68)53-56(6,7)54(57(53,8)9)70-43-22-21-40(27-59)45(58)26-43/h16-24,26,33-34,37,42,46,50,53-54,65H,10,12,14-15,25,28-32H2,1-9H3,(H,61,67)/t34-,42-,46+,50-,53?,54?/m1/s1. The first-order valence-electron chi connectivity index (χ1n) is 24.9. The van der Waals surface area contributed by atoms with Gasteiger partial charge >= 0.3 is 0 Å². The van der Waals surface area contributed by atoms with Crippen LogP contribution in [-0.4, -0.2) is 105 Å². The lowest BCUT2D eigenvalue weighted by atomic mass is 9.49. The molecular formula is C57H67ClN6O6S. The summed E-state index contributed by atoms with van der Waals surface area (Å²) >= 11 is 7.93. The molecule has 374 valence electrons. The van der Waals surface area contributed by atoms with Crippen LogP contribution in [0.25, 0.3) is 10.4 Å². The predicted molar refractivity (Wildman–Crippen MR) is 277 cm³/mol. The summed E-state index contributed by atoms with van der Waals surface area (Å²) in [5.74, 6) is 7.12. The number of halogens is 1. The highest BCUT2D eigenvalue weighted by molar-refractivity contribution is 7.13. The van der Waals surface area contributed by atoms with Gasteiger partial charge in [-0.1, -0.05) is 103 Å². The van der Waals surface area contributed by atoms with E-state index >= 15 is 0 Å². The van der Waals surface area contributed by atoms with E-state index in [-0.39, 0.29) is 71.9 Å². The summed E-state index contributed by atoms with van der Waals surface area (Å²) in [6.07, 6.45) is 1.63. The van der Waals surface area contributed by atoms with E-state index < -0.39 is 23.6 Å². The van der Waals surface area contributed by atoms with Crippen LogP contribution >= 0.6 is 22.9 Å². The lowest BCUT2D eigenvalue weighted by Gasteiger charge is -2.65. The van der Waals surface area contributed by atoms with Crippen LogP contribution in [0.3, 0.4) is 0 Å². The number of aryl methyl sites for hydroxylation is 1. The minimum atomic E-state index is -0.872. The number of rotatable bonds is 15. The Hall–Kier alpha value is -5.57. The van der Waals surface area contributed by atoms with Crippen molar-refractivity contribution in [1.29, 1.82) is 5.26 Å². The number of benzene rings is 3. The van der Waals surface area contributed by atoms with Crippen LogP contribution in [-0.2, 0) is 20.9 Å². The first-order chi connectivity index (χ1) is 33.6. The summed E-state index contributed by atoms with van der Waals surface area (Å²) in [4.78, 5) is 66.3. The van der Waals surface area contributed by atoms with Crippen LogP contribution < -0.4 is 10.1 Å². The number of ketones is 1. The third kappa shape index (κ3) is 10.8. The number of thiazole rings is 1. The molecule has 0 radical (unpaired) electrons. The summed E-state index contributed by atoms with van der Waals surface area (Å²) in [6, 6.07) is 19.8. The molecule has 2 N–H and O–H groups in total. The molecule has 1 saturated carbocycles. The molecule has 14 heteroatoms. The molecule has 1 aromatic heterocycles. The van der Waals surface area contributed by atoms with Gasteiger partial charge in [-0.05, 0) is 84.0 Å². The van der Waals surface area contributed by atoms with Crippen molar-refractivity contribution in [3.63, 3.8) is 0 Å². The summed E-state index contributed by atoms with van der Waals surface area (Å²) in [6.45, 7) is 20.5. The van der Waals surface area contributed by atoms with Gasteiger partial charge in [0.1, 0.15) is 24.0 Å². The number of aliphatic hydroxyl groups excluding tert-OH is 1. The molecule has 0 spiro atoms. The SMILES string of the molecule is Cc1ncsc1-c1ccc([C@H](C)CCCC(=O)[C@@H]2C[C@@H](O)CN2C(=O)[C@@H](NC(=O)CN2CC(CC#Cc3ccc4c(c3)CN(C3C(C)(C)C(Oc5ccc(C#N)c(Cl)c5)C3(C)C)C4=O)C2)C(C)(C)C)cc1. The Morgan fingerprint density at radius 3 is 2.39 bits per heavy atom. The normalized spacial score (nSPS) is 22.3. The van der Waals surface area contributed by atoms with Crippen LogP contribution in [0.15, 0.2) is 66.2 Å². The third-order valence-electron chi connectivity index (χ3n) is 15.2. The lowest BCUT2D eigenvalue weighted by Crippen LogP contribution is -2.74. The first-order valence-corrected chi connectivity index (χ1v) is 26.1. The second-order valence-electron chi connectivity index (χ2n) is 22.6. The van der Waals surface area contributed by atoms with Gasteiger partial charge in [0.15, 0.2) is 5.78 Å². The number of nitrogens with zero attached hydrogens (tertiary/aromatic N) is 5. The Morgan fingerprint density at radius 1 is 1.03 bits per heavy atom. The highest BCUT2D eigenvalue weighted by Gasteiger charge is 2.67. The molecule has 0 bridgehead atoms. The number of ether oxygens (including phenoxy) is 1. The average molecular weight is 1000 g/mol. The van der Waals surface area contributed by atoms with E-state index in [0.29, 0.717) is 66.7 Å². The number of hydrogen-bond acceptors (Lipinski definition) is 10. The molecule has 3 amide bonds. The molecular weight excluding hydrogens is 932 g/mol.